The molecule has 2 amide bonds. The van der Waals surface area contributed by atoms with Crippen LogP contribution in [0.2, 0.25) is 0 Å². The van der Waals surface area contributed by atoms with Gasteiger partial charge in [0.15, 0.2) is 0 Å². The number of halogens is 1. The molecule has 2 aromatic carbocycles. The summed E-state index contributed by atoms with van der Waals surface area (Å²) in [6.45, 7) is 0.478. The fraction of sp³-hybridized carbons (Fsp3) is 0.222. The highest BCUT2D eigenvalue weighted by Gasteiger charge is 2.14. The largest absolute Gasteiger partial charge is 0.508 e. The summed E-state index contributed by atoms with van der Waals surface area (Å²) < 4.78 is 0.761. The van der Waals surface area contributed by atoms with Crippen LogP contribution in [0.3, 0.4) is 0 Å². The Labute approximate surface area is 148 Å². The number of fused-ring (bicyclic) bond motifs is 1. The number of phenols is 1. The Kier molecular flexibility index (Phi) is 4.85. The van der Waals surface area contributed by atoms with Crippen LogP contribution in [0.5, 0.6) is 5.75 Å². The maximum atomic E-state index is 12.2. The lowest BCUT2D eigenvalue weighted by Gasteiger charge is -2.11. The van der Waals surface area contributed by atoms with Crippen molar-refractivity contribution in [3.8, 4) is 5.75 Å². The number of anilines is 1. The number of carbonyl (C=O) groups is 2. The first-order valence-electron chi connectivity index (χ1n) is 7.67. The van der Waals surface area contributed by atoms with Crippen LogP contribution in [0.15, 0.2) is 40.9 Å². The van der Waals surface area contributed by atoms with Gasteiger partial charge in [0.2, 0.25) is 11.8 Å². The van der Waals surface area contributed by atoms with Crippen molar-refractivity contribution in [1.29, 1.82) is 0 Å². The monoisotopic (exact) mass is 388 g/mol. The summed E-state index contributed by atoms with van der Waals surface area (Å²) in [6, 6.07) is 10.7. The maximum absolute atomic E-state index is 12.2. The molecule has 3 rings (SSSR count). The summed E-state index contributed by atoms with van der Waals surface area (Å²) in [5.74, 6) is -0.0723. The molecule has 0 bridgehead atoms. The first kappa shape index (κ1) is 16.5. The molecule has 0 fully saturated rings. The van der Waals surface area contributed by atoms with Crippen LogP contribution in [0.25, 0.3) is 0 Å². The normalized spacial score (nSPS) is 13.6. The maximum Gasteiger partial charge on any atom is 0.228 e. The minimum absolute atomic E-state index is 0.0440. The van der Waals surface area contributed by atoms with E-state index < -0.39 is 0 Å². The summed E-state index contributed by atoms with van der Waals surface area (Å²) in [6.07, 6.45) is 1.29. The number of hydrogen-bond donors (Lipinski definition) is 3. The SMILES string of the molecule is O=C1CCc2ccc(NC(=O)Cc3ccc(Br)cc3O)cc2CN1. The molecule has 1 aliphatic heterocycles. The fourth-order valence-electron chi connectivity index (χ4n) is 2.71. The Morgan fingerprint density at radius 3 is 2.79 bits per heavy atom. The Balaban J connectivity index is 1.69. The molecule has 1 aliphatic rings. The molecule has 0 atom stereocenters. The second kappa shape index (κ2) is 7.05. The average molecular weight is 389 g/mol. The van der Waals surface area contributed by atoms with E-state index in [0.717, 1.165) is 15.6 Å². The molecule has 0 unspecified atom stereocenters. The van der Waals surface area contributed by atoms with Gasteiger partial charge in [0, 0.05) is 28.7 Å². The zero-order chi connectivity index (χ0) is 17.1. The molecule has 124 valence electrons. The molecule has 0 aromatic heterocycles. The fourth-order valence-corrected chi connectivity index (χ4v) is 3.06. The van der Waals surface area contributed by atoms with Gasteiger partial charge in [-0.25, -0.2) is 0 Å². The summed E-state index contributed by atoms with van der Waals surface area (Å²) in [7, 11) is 0. The Bertz CT molecular complexity index is 805. The van der Waals surface area contributed by atoms with Gasteiger partial charge in [0.1, 0.15) is 5.75 Å². The smallest absolute Gasteiger partial charge is 0.228 e. The molecule has 3 N–H and O–H groups in total. The number of amides is 2. The highest BCUT2D eigenvalue weighted by atomic mass is 79.9. The summed E-state index contributed by atoms with van der Waals surface area (Å²) in [4.78, 5) is 23.7. The molecule has 0 saturated carbocycles. The third-order valence-corrected chi connectivity index (χ3v) is 4.48. The highest BCUT2D eigenvalue weighted by Crippen LogP contribution is 2.24. The Morgan fingerprint density at radius 2 is 2.00 bits per heavy atom. The van der Waals surface area contributed by atoms with Crippen molar-refractivity contribution in [3.63, 3.8) is 0 Å². The standard InChI is InChI=1S/C18H17BrN2O3/c19-14-4-1-12(16(22)9-14)8-18(24)21-15-5-2-11-3-6-17(23)20-10-13(11)7-15/h1-2,4-5,7,9,22H,3,6,8,10H2,(H,20,23)(H,21,24). The average Bonchev–Trinajstić information content (AvgIpc) is 2.72. The molecule has 0 saturated heterocycles. The minimum Gasteiger partial charge on any atom is -0.508 e. The molecule has 0 aliphatic carbocycles. The number of nitrogens with one attached hydrogen (secondary N) is 2. The highest BCUT2D eigenvalue weighted by molar-refractivity contribution is 9.10. The van der Waals surface area contributed by atoms with Crippen molar-refractivity contribution < 1.29 is 14.7 Å². The molecular formula is C18H17BrN2O3. The van der Waals surface area contributed by atoms with E-state index in [1.807, 2.05) is 18.2 Å². The summed E-state index contributed by atoms with van der Waals surface area (Å²) >= 11 is 3.27. The van der Waals surface area contributed by atoms with Crippen molar-refractivity contribution in [2.75, 3.05) is 5.32 Å². The number of aryl methyl sites for hydroxylation is 1. The second-order valence-corrected chi connectivity index (χ2v) is 6.67. The van der Waals surface area contributed by atoms with Crippen molar-refractivity contribution in [2.24, 2.45) is 0 Å². The van der Waals surface area contributed by atoms with Gasteiger partial charge in [0.25, 0.3) is 0 Å². The third kappa shape index (κ3) is 3.94. The van der Waals surface area contributed by atoms with E-state index in [1.54, 1.807) is 18.2 Å². The lowest BCUT2D eigenvalue weighted by atomic mass is 10.0. The molecule has 6 heteroatoms. The van der Waals surface area contributed by atoms with E-state index in [1.165, 1.54) is 0 Å². The number of phenolic OH excluding ortho intramolecular Hbond substituents is 1. The van der Waals surface area contributed by atoms with Crippen LogP contribution < -0.4 is 10.6 Å². The topological polar surface area (TPSA) is 78.4 Å². The van der Waals surface area contributed by atoms with E-state index in [-0.39, 0.29) is 24.0 Å². The molecule has 0 radical (unpaired) electrons. The Morgan fingerprint density at radius 1 is 1.17 bits per heavy atom. The predicted octanol–water partition coefficient (Wildman–Crippen LogP) is 2.90. The quantitative estimate of drug-likeness (QED) is 0.756. The van der Waals surface area contributed by atoms with Gasteiger partial charge in [-0.2, -0.15) is 0 Å². The van der Waals surface area contributed by atoms with Crippen molar-refractivity contribution in [1.82, 2.24) is 5.32 Å². The van der Waals surface area contributed by atoms with Crippen molar-refractivity contribution >= 4 is 33.4 Å². The van der Waals surface area contributed by atoms with Crippen LogP contribution in [0.4, 0.5) is 5.69 Å². The molecule has 0 spiro atoms. The van der Waals surface area contributed by atoms with E-state index in [4.69, 9.17) is 0 Å². The number of benzene rings is 2. The van der Waals surface area contributed by atoms with E-state index >= 15 is 0 Å². The minimum atomic E-state index is -0.203. The zero-order valence-corrected chi connectivity index (χ0v) is 14.5. The number of rotatable bonds is 3. The van der Waals surface area contributed by atoms with Gasteiger partial charge in [-0.15, -0.1) is 0 Å². The van der Waals surface area contributed by atoms with Gasteiger partial charge < -0.3 is 15.7 Å². The lowest BCUT2D eigenvalue weighted by Crippen LogP contribution is -2.20. The van der Waals surface area contributed by atoms with Crippen LogP contribution in [0, 0.1) is 0 Å². The van der Waals surface area contributed by atoms with Gasteiger partial charge in [0.05, 0.1) is 6.42 Å². The predicted molar refractivity (Wildman–Crippen MR) is 94.8 cm³/mol. The molecule has 1 heterocycles. The third-order valence-electron chi connectivity index (χ3n) is 3.99. The zero-order valence-electron chi connectivity index (χ0n) is 12.9. The molecular weight excluding hydrogens is 372 g/mol. The number of carbonyl (C=O) groups excluding carboxylic acids is 2. The van der Waals surface area contributed by atoms with E-state index in [0.29, 0.717) is 30.6 Å². The van der Waals surface area contributed by atoms with Crippen LogP contribution in [-0.4, -0.2) is 16.9 Å². The van der Waals surface area contributed by atoms with Gasteiger partial charge >= 0.3 is 0 Å². The van der Waals surface area contributed by atoms with Gasteiger partial charge in [-0.3, -0.25) is 9.59 Å². The van der Waals surface area contributed by atoms with Crippen LogP contribution in [-0.2, 0) is 29.0 Å². The van der Waals surface area contributed by atoms with Gasteiger partial charge in [-0.05, 0) is 41.8 Å². The van der Waals surface area contributed by atoms with E-state index in [9.17, 15) is 14.7 Å². The van der Waals surface area contributed by atoms with Gasteiger partial charge in [-0.1, -0.05) is 28.1 Å². The van der Waals surface area contributed by atoms with Crippen molar-refractivity contribution in [2.45, 2.75) is 25.8 Å². The number of hydrogen-bond acceptors (Lipinski definition) is 3. The molecule has 5 nitrogen and oxygen atoms in total. The van der Waals surface area contributed by atoms with E-state index in [2.05, 4.69) is 26.6 Å². The Hall–Kier alpha value is -2.34. The first-order valence-corrected chi connectivity index (χ1v) is 8.46. The lowest BCUT2D eigenvalue weighted by molar-refractivity contribution is -0.121. The second-order valence-electron chi connectivity index (χ2n) is 5.76. The van der Waals surface area contributed by atoms with Crippen LogP contribution in [0.1, 0.15) is 23.1 Å². The van der Waals surface area contributed by atoms with Crippen LogP contribution >= 0.6 is 15.9 Å². The number of aromatic hydroxyl groups is 1. The van der Waals surface area contributed by atoms with Crippen molar-refractivity contribution in [3.05, 3.63) is 57.6 Å². The summed E-state index contributed by atoms with van der Waals surface area (Å²) in [5, 5.41) is 15.6. The molecule has 24 heavy (non-hydrogen) atoms. The molecule has 2 aromatic rings. The summed E-state index contributed by atoms with van der Waals surface area (Å²) in [5.41, 5.74) is 3.39. The first-order chi connectivity index (χ1) is 11.5.